The molecule has 0 atom stereocenters. The molecule has 0 radical (unpaired) electrons. The van der Waals surface area contributed by atoms with E-state index < -0.39 is 27.4 Å². The summed E-state index contributed by atoms with van der Waals surface area (Å²) in [6, 6.07) is 3.71. The van der Waals surface area contributed by atoms with Gasteiger partial charge in [0.1, 0.15) is 5.82 Å². The van der Waals surface area contributed by atoms with Crippen LogP contribution in [0.5, 0.6) is 0 Å². The lowest BCUT2D eigenvalue weighted by Crippen LogP contribution is -2.25. The van der Waals surface area contributed by atoms with Crippen LogP contribution in [-0.4, -0.2) is 26.0 Å². The minimum absolute atomic E-state index is 0.0503. The van der Waals surface area contributed by atoms with Crippen LogP contribution in [0.2, 0.25) is 0 Å². The maximum Gasteiger partial charge on any atom is 0.338 e. The predicted octanol–water partition coefficient (Wildman–Crippen LogP) is 1.41. The first-order valence-corrected chi connectivity index (χ1v) is 7.18. The number of nitrogens with one attached hydrogen (secondary N) is 1. The fourth-order valence-electron chi connectivity index (χ4n) is 1.50. The Hall–Kier alpha value is -1.98. The Labute approximate surface area is 115 Å². The molecule has 1 aromatic rings. The second kappa shape index (κ2) is 6.45. The van der Waals surface area contributed by atoms with Crippen molar-refractivity contribution in [1.82, 2.24) is 4.72 Å². The van der Waals surface area contributed by atoms with Crippen LogP contribution in [0.25, 0.3) is 0 Å². The third kappa shape index (κ3) is 3.76. The molecule has 8 heteroatoms. The summed E-state index contributed by atoms with van der Waals surface area (Å²) in [4.78, 5) is 10.5. The highest BCUT2D eigenvalue weighted by molar-refractivity contribution is 7.89. The van der Waals surface area contributed by atoms with Crippen molar-refractivity contribution in [2.45, 2.75) is 24.7 Å². The summed E-state index contributed by atoms with van der Waals surface area (Å²) in [5.41, 5.74) is -0.760. The van der Waals surface area contributed by atoms with Gasteiger partial charge in [-0.3, -0.25) is 0 Å². The zero-order valence-electron chi connectivity index (χ0n) is 10.7. The molecule has 0 fully saturated rings. The quantitative estimate of drug-likeness (QED) is 0.772. The summed E-state index contributed by atoms with van der Waals surface area (Å²) in [7, 11) is -3.93. The first-order chi connectivity index (χ1) is 9.29. The second-order valence-corrected chi connectivity index (χ2v) is 5.83. The molecule has 0 amide bonds. The van der Waals surface area contributed by atoms with Gasteiger partial charge in [-0.2, -0.15) is 5.26 Å². The van der Waals surface area contributed by atoms with Gasteiger partial charge in [-0.15, -0.1) is 0 Å². The highest BCUT2D eigenvalue weighted by Gasteiger charge is 2.20. The van der Waals surface area contributed by atoms with Gasteiger partial charge >= 0.3 is 5.97 Å². The van der Waals surface area contributed by atoms with Crippen molar-refractivity contribution in [1.29, 1.82) is 5.26 Å². The van der Waals surface area contributed by atoms with Crippen LogP contribution in [-0.2, 0) is 10.0 Å². The number of rotatable bonds is 6. The molecule has 0 aliphatic rings. The minimum atomic E-state index is -3.93. The Kier molecular flexibility index (Phi) is 5.19. The van der Waals surface area contributed by atoms with Gasteiger partial charge in [0.15, 0.2) is 0 Å². The maximum atomic E-state index is 13.5. The van der Waals surface area contributed by atoms with Crippen LogP contribution >= 0.6 is 0 Å². The van der Waals surface area contributed by atoms with E-state index in [0.717, 1.165) is 12.1 Å². The topological polar surface area (TPSA) is 107 Å². The molecule has 108 valence electrons. The van der Waals surface area contributed by atoms with E-state index in [2.05, 4.69) is 4.72 Å². The zero-order valence-corrected chi connectivity index (χ0v) is 11.5. The number of nitrogens with zero attached hydrogens (tertiary/aromatic N) is 1. The first kappa shape index (κ1) is 16.1. The molecule has 0 saturated heterocycles. The highest BCUT2D eigenvalue weighted by Crippen LogP contribution is 2.19. The lowest BCUT2D eigenvalue weighted by atomic mass is 10.1. The molecule has 0 saturated carbocycles. The van der Waals surface area contributed by atoms with Crippen LogP contribution in [0.1, 0.15) is 28.8 Å². The third-order valence-electron chi connectivity index (χ3n) is 2.53. The van der Waals surface area contributed by atoms with Gasteiger partial charge < -0.3 is 5.11 Å². The van der Waals surface area contributed by atoms with Gasteiger partial charge in [-0.05, 0) is 31.0 Å². The van der Waals surface area contributed by atoms with E-state index in [1.165, 1.54) is 6.92 Å². The van der Waals surface area contributed by atoms with Gasteiger partial charge in [-0.25, -0.2) is 22.3 Å². The summed E-state index contributed by atoms with van der Waals surface area (Å²) >= 11 is 0. The number of benzene rings is 1. The molecule has 0 aromatic heterocycles. The summed E-state index contributed by atoms with van der Waals surface area (Å²) in [6.07, 6.45) is 0.535. The minimum Gasteiger partial charge on any atom is -0.478 e. The van der Waals surface area contributed by atoms with Gasteiger partial charge in [0.2, 0.25) is 10.0 Å². The lowest BCUT2D eigenvalue weighted by Gasteiger charge is -2.09. The van der Waals surface area contributed by atoms with Crippen molar-refractivity contribution in [3.8, 4) is 6.07 Å². The molecule has 2 N–H and O–H groups in total. The average molecular weight is 300 g/mol. The Morgan fingerprint density at radius 1 is 1.50 bits per heavy atom. The Balaban J connectivity index is 3.07. The van der Waals surface area contributed by atoms with E-state index in [4.69, 9.17) is 10.4 Å². The lowest BCUT2D eigenvalue weighted by molar-refractivity contribution is 0.0691. The van der Waals surface area contributed by atoms with Crippen molar-refractivity contribution in [3.05, 3.63) is 29.1 Å². The van der Waals surface area contributed by atoms with Crippen molar-refractivity contribution in [3.63, 3.8) is 0 Å². The molecule has 0 aliphatic heterocycles. The van der Waals surface area contributed by atoms with Crippen molar-refractivity contribution >= 4 is 16.0 Å². The number of halogens is 1. The van der Waals surface area contributed by atoms with E-state index in [-0.39, 0.29) is 23.4 Å². The second-order valence-electron chi connectivity index (χ2n) is 4.07. The first-order valence-electron chi connectivity index (χ1n) is 5.69. The van der Waals surface area contributed by atoms with Gasteiger partial charge in [0.25, 0.3) is 0 Å². The summed E-state index contributed by atoms with van der Waals surface area (Å²) < 4.78 is 39.6. The molecule has 1 rings (SSSR count). The average Bonchev–Trinajstić information content (AvgIpc) is 2.37. The van der Waals surface area contributed by atoms with E-state index in [9.17, 15) is 17.6 Å². The molecule has 20 heavy (non-hydrogen) atoms. The number of carbonyl (C=O) groups is 1. The Bertz CT molecular complexity index is 665. The SMILES string of the molecule is Cc1cc(S(=O)(=O)NCCCC#N)cc(C(=O)O)c1F. The molecule has 0 heterocycles. The number of carboxylic acids is 1. The van der Waals surface area contributed by atoms with E-state index in [1.54, 1.807) is 0 Å². The Morgan fingerprint density at radius 2 is 2.15 bits per heavy atom. The van der Waals surface area contributed by atoms with Crippen molar-refractivity contribution in [2.75, 3.05) is 6.54 Å². The van der Waals surface area contributed by atoms with Crippen molar-refractivity contribution < 1.29 is 22.7 Å². The van der Waals surface area contributed by atoms with Gasteiger partial charge in [0, 0.05) is 13.0 Å². The van der Waals surface area contributed by atoms with Crippen LogP contribution in [0.3, 0.4) is 0 Å². The number of unbranched alkanes of at least 4 members (excludes halogenated alkanes) is 1. The molecule has 0 unspecified atom stereocenters. The van der Waals surface area contributed by atoms with E-state index in [0.29, 0.717) is 6.42 Å². The number of nitriles is 1. The number of hydrogen-bond acceptors (Lipinski definition) is 4. The number of hydrogen-bond donors (Lipinski definition) is 2. The summed E-state index contributed by atoms with van der Waals surface area (Å²) in [5.74, 6) is -2.49. The van der Waals surface area contributed by atoms with E-state index in [1.807, 2.05) is 6.07 Å². The zero-order chi connectivity index (χ0) is 15.3. The predicted molar refractivity (Wildman–Crippen MR) is 68.1 cm³/mol. The van der Waals surface area contributed by atoms with Gasteiger partial charge in [0.05, 0.1) is 16.5 Å². The molecule has 0 aliphatic carbocycles. The number of sulfonamides is 1. The molecular formula is C12H13FN2O4S. The fourth-order valence-corrected chi connectivity index (χ4v) is 2.69. The third-order valence-corrected chi connectivity index (χ3v) is 3.97. The van der Waals surface area contributed by atoms with Crippen LogP contribution in [0.4, 0.5) is 4.39 Å². The number of carboxylic acid groups (broad SMARTS) is 1. The van der Waals surface area contributed by atoms with Crippen molar-refractivity contribution in [2.24, 2.45) is 0 Å². The fraction of sp³-hybridized carbons (Fsp3) is 0.333. The molecule has 6 nitrogen and oxygen atoms in total. The summed E-state index contributed by atoms with van der Waals surface area (Å²) in [5, 5.41) is 17.2. The largest absolute Gasteiger partial charge is 0.478 e. The van der Waals surface area contributed by atoms with E-state index >= 15 is 0 Å². The smallest absolute Gasteiger partial charge is 0.338 e. The highest BCUT2D eigenvalue weighted by atomic mass is 32.2. The molecule has 1 aromatic carbocycles. The maximum absolute atomic E-state index is 13.5. The molecule has 0 spiro atoms. The van der Waals surface area contributed by atoms with Crippen LogP contribution in [0.15, 0.2) is 17.0 Å². The van der Waals surface area contributed by atoms with Crippen LogP contribution < -0.4 is 4.72 Å². The molecular weight excluding hydrogens is 287 g/mol. The number of aromatic carboxylic acids is 1. The van der Waals surface area contributed by atoms with Crippen LogP contribution in [0, 0.1) is 24.1 Å². The summed E-state index contributed by atoms with van der Waals surface area (Å²) in [6.45, 7) is 1.34. The van der Waals surface area contributed by atoms with Gasteiger partial charge in [-0.1, -0.05) is 0 Å². The normalized spacial score (nSPS) is 11.1. The molecule has 0 bridgehead atoms. The monoisotopic (exact) mass is 300 g/mol. The Morgan fingerprint density at radius 3 is 2.70 bits per heavy atom. The number of aryl methyl sites for hydroxylation is 1. The standard InChI is InChI=1S/C12H13FN2O4S/c1-8-6-9(7-10(11(8)13)12(16)17)20(18,19)15-5-3-2-4-14/h6-7,15H,2-3,5H2,1H3,(H,16,17).